The summed E-state index contributed by atoms with van der Waals surface area (Å²) in [7, 11) is 0. The second kappa shape index (κ2) is 10.3. The fraction of sp³-hybridized carbons (Fsp3) is 0.207. The lowest BCUT2D eigenvalue weighted by Gasteiger charge is -2.44. The number of aromatic hydroxyl groups is 1. The summed E-state index contributed by atoms with van der Waals surface area (Å²) in [4.78, 5) is 30.0. The fourth-order valence-electron chi connectivity index (χ4n) is 5.41. The van der Waals surface area contributed by atoms with Gasteiger partial charge in [-0.15, -0.1) is 10.2 Å². The maximum Gasteiger partial charge on any atom is 0.272 e. The van der Waals surface area contributed by atoms with Gasteiger partial charge in [0.2, 0.25) is 5.82 Å². The monoisotopic (exact) mass is 559 g/mol. The Balaban J connectivity index is 0.998. The van der Waals surface area contributed by atoms with Gasteiger partial charge in [-0.05, 0) is 36.3 Å². The number of nitrogens with two attached hydrogens (primary N) is 1. The molecule has 13 heteroatoms. The number of phenols is 1. The van der Waals surface area contributed by atoms with Crippen LogP contribution in [-0.2, 0) is 0 Å². The van der Waals surface area contributed by atoms with Crippen molar-refractivity contribution < 1.29 is 9.90 Å². The van der Waals surface area contributed by atoms with Crippen LogP contribution in [0, 0.1) is 17.8 Å². The molecule has 2 fully saturated rings. The van der Waals surface area contributed by atoms with Crippen molar-refractivity contribution in [3.63, 3.8) is 0 Å². The average Bonchev–Trinajstić information content (AvgIpc) is 3.58. The lowest BCUT2D eigenvalue weighted by Crippen LogP contribution is -2.56. The van der Waals surface area contributed by atoms with E-state index < -0.39 is 0 Å². The fourth-order valence-corrected chi connectivity index (χ4v) is 5.41. The molecular weight excluding hydrogens is 534 g/mol. The maximum atomic E-state index is 12.4. The predicted octanol–water partition coefficient (Wildman–Crippen LogP) is 1.37. The number of nitrogens with one attached hydrogen (secondary N) is 1. The quantitative estimate of drug-likeness (QED) is 0.267. The Morgan fingerprint density at radius 3 is 2.86 bits per heavy atom. The topological polar surface area (TPSA) is 164 Å². The van der Waals surface area contributed by atoms with Gasteiger partial charge in [0.15, 0.2) is 17.2 Å². The van der Waals surface area contributed by atoms with Crippen LogP contribution in [0.3, 0.4) is 0 Å². The molecule has 0 bridgehead atoms. The standard InChI is InChI=1S/C29H25N11O2/c30-28-22(13-20(35-36-28)19-5-1-2-6-24(19)41)38-15-18-16-39(23(18)17-38)26-8-11-31-25(34-26)7-3-9-33-29(42)21-14-27-32-10-4-12-40(27)37-21/h1-2,4-6,8,10-14,18,23,41H,9,15-17H2,(H2,30,36)(H,33,42)/t18-,23-/m0/s1. The number of nitrogens with zero attached hydrogens (tertiary/aromatic N) is 9. The third-order valence-electron chi connectivity index (χ3n) is 7.50. The minimum absolute atomic E-state index is 0.126. The van der Waals surface area contributed by atoms with Gasteiger partial charge >= 0.3 is 0 Å². The van der Waals surface area contributed by atoms with Gasteiger partial charge in [0.05, 0.1) is 24.0 Å². The summed E-state index contributed by atoms with van der Waals surface area (Å²) in [5, 5.41) is 25.6. The molecule has 0 spiro atoms. The molecule has 4 aromatic heterocycles. The van der Waals surface area contributed by atoms with Gasteiger partial charge in [0.25, 0.3) is 5.91 Å². The van der Waals surface area contributed by atoms with Crippen molar-refractivity contribution in [2.75, 3.05) is 41.7 Å². The smallest absolute Gasteiger partial charge is 0.272 e. The van der Waals surface area contributed by atoms with Gasteiger partial charge < -0.3 is 26.0 Å². The molecule has 208 valence electrons. The molecule has 6 heterocycles. The van der Waals surface area contributed by atoms with Gasteiger partial charge in [0, 0.05) is 55.8 Å². The molecular formula is C29H25N11O2. The normalized spacial score (nSPS) is 17.3. The number of carbonyl (C=O) groups excluding carboxylic acids is 1. The number of para-hydroxylation sites is 1. The minimum Gasteiger partial charge on any atom is -0.507 e. The molecule has 2 atom stereocenters. The second-order valence-electron chi connectivity index (χ2n) is 10.1. The van der Waals surface area contributed by atoms with E-state index in [2.05, 4.69) is 57.2 Å². The summed E-state index contributed by atoms with van der Waals surface area (Å²) in [5.74, 6) is 7.64. The van der Waals surface area contributed by atoms with Crippen LogP contribution in [0.25, 0.3) is 16.9 Å². The summed E-state index contributed by atoms with van der Waals surface area (Å²) < 4.78 is 1.54. The Kier molecular flexibility index (Phi) is 6.20. The van der Waals surface area contributed by atoms with Crippen LogP contribution < -0.4 is 20.9 Å². The van der Waals surface area contributed by atoms with Gasteiger partial charge in [-0.25, -0.2) is 19.5 Å². The number of hydrogen-bond donors (Lipinski definition) is 3. The molecule has 0 saturated carbocycles. The van der Waals surface area contributed by atoms with E-state index in [9.17, 15) is 9.90 Å². The zero-order valence-electron chi connectivity index (χ0n) is 22.3. The van der Waals surface area contributed by atoms with E-state index in [1.165, 1.54) is 0 Å². The average molecular weight is 560 g/mol. The van der Waals surface area contributed by atoms with Gasteiger partial charge in [0.1, 0.15) is 11.6 Å². The van der Waals surface area contributed by atoms with Crippen LogP contribution in [0.5, 0.6) is 5.75 Å². The van der Waals surface area contributed by atoms with E-state index in [0.717, 1.165) is 31.1 Å². The lowest BCUT2D eigenvalue weighted by molar-refractivity contribution is 0.0953. The highest BCUT2D eigenvalue weighted by molar-refractivity contribution is 5.93. The van der Waals surface area contributed by atoms with Crippen molar-refractivity contribution in [1.82, 2.24) is 40.1 Å². The summed E-state index contributed by atoms with van der Waals surface area (Å²) in [6, 6.07) is 14.4. The van der Waals surface area contributed by atoms with E-state index in [1.807, 2.05) is 18.2 Å². The van der Waals surface area contributed by atoms with Crippen molar-refractivity contribution in [3.05, 3.63) is 78.6 Å². The zero-order valence-corrected chi connectivity index (χ0v) is 22.3. The van der Waals surface area contributed by atoms with Crippen LogP contribution in [0.15, 0.2) is 67.1 Å². The van der Waals surface area contributed by atoms with Crippen molar-refractivity contribution in [2.45, 2.75) is 6.04 Å². The highest BCUT2D eigenvalue weighted by Crippen LogP contribution is 2.39. The molecule has 5 aromatic rings. The summed E-state index contributed by atoms with van der Waals surface area (Å²) in [5.41, 5.74) is 9.07. The zero-order chi connectivity index (χ0) is 28.6. The number of aromatic nitrogens is 7. The Morgan fingerprint density at radius 2 is 1.98 bits per heavy atom. The van der Waals surface area contributed by atoms with Crippen molar-refractivity contribution in [2.24, 2.45) is 5.92 Å². The van der Waals surface area contributed by atoms with E-state index in [0.29, 0.717) is 34.5 Å². The number of fused-ring (bicyclic) bond motifs is 2. The van der Waals surface area contributed by atoms with Crippen LogP contribution in [0.1, 0.15) is 16.3 Å². The first-order valence-electron chi connectivity index (χ1n) is 13.4. The molecule has 4 N–H and O–H groups in total. The molecule has 2 aliphatic heterocycles. The molecule has 2 aliphatic rings. The van der Waals surface area contributed by atoms with Gasteiger partial charge in [-0.1, -0.05) is 18.1 Å². The number of carbonyl (C=O) groups is 1. The molecule has 7 rings (SSSR count). The largest absolute Gasteiger partial charge is 0.507 e. The Hall–Kier alpha value is -5.77. The number of anilines is 3. The second-order valence-corrected chi connectivity index (χ2v) is 10.1. The number of amides is 1. The third kappa shape index (κ3) is 4.64. The van der Waals surface area contributed by atoms with Gasteiger partial charge in [-0.2, -0.15) is 5.10 Å². The summed E-state index contributed by atoms with van der Waals surface area (Å²) in [6.45, 7) is 2.55. The van der Waals surface area contributed by atoms with Gasteiger partial charge in [-0.3, -0.25) is 4.79 Å². The highest BCUT2D eigenvalue weighted by atomic mass is 16.3. The third-order valence-corrected chi connectivity index (χ3v) is 7.50. The number of hydrogen-bond acceptors (Lipinski definition) is 11. The minimum atomic E-state index is -0.334. The van der Waals surface area contributed by atoms with Crippen molar-refractivity contribution in [3.8, 4) is 28.8 Å². The Bertz CT molecular complexity index is 1850. The first-order valence-corrected chi connectivity index (χ1v) is 13.4. The van der Waals surface area contributed by atoms with E-state index in [1.54, 1.807) is 53.4 Å². The summed E-state index contributed by atoms with van der Waals surface area (Å²) in [6.07, 6.45) is 5.06. The maximum absolute atomic E-state index is 12.4. The van der Waals surface area contributed by atoms with E-state index in [-0.39, 0.29) is 29.9 Å². The SMILES string of the molecule is Nc1nnc(-c2ccccc2O)cc1N1C[C@H]2CN(c3ccnc(C#CCNC(=O)c4cc5ncccn5n4)n3)[C@H]2C1. The highest BCUT2D eigenvalue weighted by Gasteiger charge is 2.46. The Labute approximate surface area is 240 Å². The van der Waals surface area contributed by atoms with Crippen LogP contribution in [0.4, 0.5) is 17.3 Å². The first-order chi connectivity index (χ1) is 20.5. The van der Waals surface area contributed by atoms with Crippen LogP contribution in [-0.4, -0.2) is 78.0 Å². The number of phenolic OH excluding ortho intramolecular Hbond substituents is 1. The lowest BCUT2D eigenvalue weighted by atomic mass is 9.92. The van der Waals surface area contributed by atoms with Crippen molar-refractivity contribution in [1.29, 1.82) is 0 Å². The summed E-state index contributed by atoms with van der Waals surface area (Å²) >= 11 is 0. The van der Waals surface area contributed by atoms with Crippen LogP contribution in [0.2, 0.25) is 0 Å². The molecule has 0 aliphatic carbocycles. The Morgan fingerprint density at radius 1 is 1.07 bits per heavy atom. The van der Waals surface area contributed by atoms with E-state index in [4.69, 9.17) is 5.73 Å². The first kappa shape index (κ1) is 25.2. The van der Waals surface area contributed by atoms with Crippen molar-refractivity contribution >= 4 is 28.9 Å². The number of benzene rings is 1. The van der Waals surface area contributed by atoms with E-state index >= 15 is 0 Å². The molecule has 0 radical (unpaired) electrons. The predicted molar refractivity (Wildman–Crippen MR) is 155 cm³/mol. The number of rotatable bonds is 5. The molecule has 42 heavy (non-hydrogen) atoms. The molecule has 1 amide bonds. The molecule has 13 nitrogen and oxygen atoms in total. The molecule has 0 unspecified atom stereocenters. The molecule has 1 aromatic carbocycles. The molecule has 2 saturated heterocycles. The van der Waals surface area contributed by atoms with Crippen LogP contribution >= 0.6 is 0 Å². The number of nitrogen functional groups attached to an aromatic ring is 1.